The van der Waals surface area contributed by atoms with E-state index < -0.39 is 0 Å². The standard InChI is InChI=1S/C15H14FN3/c1-11-5-6-12(8-14(11)16)17-9-13-10-19-7-3-2-4-15(19)18-13/h2-8,10,17H,9H2,1H3. The van der Waals surface area contributed by atoms with Crippen LogP contribution >= 0.6 is 0 Å². The fourth-order valence-electron chi connectivity index (χ4n) is 1.97. The Morgan fingerprint density at radius 2 is 2.16 bits per heavy atom. The van der Waals surface area contributed by atoms with Gasteiger partial charge in [-0.3, -0.25) is 0 Å². The normalized spacial score (nSPS) is 10.8. The van der Waals surface area contributed by atoms with Gasteiger partial charge in [-0.05, 0) is 36.8 Å². The molecule has 2 aromatic heterocycles. The summed E-state index contributed by atoms with van der Waals surface area (Å²) in [6.45, 7) is 2.32. The zero-order valence-electron chi connectivity index (χ0n) is 10.6. The lowest BCUT2D eigenvalue weighted by Gasteiger charge is -2.05. The highest BCUT2D eigenvalue weighted by atomic mass is 19.1. The van der Waals surface area contributed by atoms with Crippen molar-refractivity contribution in [2.45, 2.75) is 13.5 Å². The topological polar surface area (TPSA) is 29.3 Å². The Balaban J connectivity index is 1.76. The molecule has 0 bridgehead atoms. The van der Waals surface area contributed by atoms with Gasteiger partial charge in [0.2, 0.25) is 0 Å². The molecule has 19 heavy (non-hydrogen) atoms. The van der Waals surface area contributed by atoms with Gasteiger partial charge < -0.3 is 9.72 Å². The second kappa shape index (κ2) is 4.72. The fourth-order valence-corrected chi connectivity index (χ4v) is 1.97. The van der Waals surface area contributed by atoms with Gasteiger partial charge in [-0.25, -0.2) is 9.37 Å². The molecule has 4 heteroatoms. The minimum Gasteiger partial charge on any atom is -0.379 e. The second-order valence-electron chi connectivity index (χ2n) is 4.52. The number of pyridine rings is 1. The average molecular weight is 255 g/mol. The molecule has 3 nitrogen and oxygen atoms in total. The molecule has 1 aromatic carbocycles. The molecule has 0 aliphatic heterocycles. The van der Waals surface area contributed by atoms with E-state index in [0.29, 0.717) is 12.1 Å². The SMILES string of the molecule is Cc1ccc(NCc2cn3ccccc3n2)cc1F. The summed E-state index contributed by atoms with van der Waals surface area (Å²) in [5.74, 6) is -0.194. The van der Waals surface area contributed by atoms with Crippen LogP contribution in [0.3, 0.4) is 0 Å². The van der Waals surface area contributed by atoms with Gasteiger partial charge in [0.05, 0.1) is 12.2 Å². The fraction of sp³-hybridized carbons (Fsp3) is 0.133. The third kappa shape index (κ3) is 2.42. The van der Waals surface area contributed by atoms with E-state index >= 15 is 0 Å². The number of imidazole rings is 1. The summed E-state index contributed by atoms with van der Waals surface area (Å²) in [4.78, 5) is 4.47. The molecule has 0 atom stereocenters. The van der Waals surface area contributed by atoms with Gasteiger partial charge in [-0.15, -0.1) is 0 Å². The molecule has 0 aliphatic rings. The van der Waals surface area contributed by atoms with Crippen molar-refractivity contribution in [3.05, 3.63) is 65.9 Å². The number of hydrogen-bond donors (Lipinski definition) is 1. The number of halogens is 1. The number of benzene rings is 1. The highest BCUT2D eigenvalue weighted by molar-refractivity contribution is 5.46. The maximum absolute atomic E-state index is 13.4. The van der Waals surface area contributed by atoms with E-state index in [1.807, 2.05) is 41.1 Å². The Hall–Kier alpha value is -2.36. The molecule has 3 aromatic rings. The minimum atomic E-state index is -0.194. The van der Waals surface area contributed by atoms with Crippen molar-refractivity contribution in [2.75, 3.05) is 5.32 Å². The lowest BCUT2D eigenvalue weighted by atomic mass is 10.2. The lowest BCUT2D eigenvalue weighted by molar-refractivity contribution is 0.619. The van der Waals surface area contributed by atoms with Crippen LogP contribution in [0.5, 0.6) is 0 Å². The molecule has 0 unspecified atom stereocenters. The summed E-state index contributed by atoms with van der Waals surface area (Å²) < 4.78 is 15.4. The average Bonchev–Trinajstić information content (AvgIpc) is 2.83. The molecular formula is C15H14FN3. The van der Waals surface area contributed by atoms with Gasteiger partial charge in [0.15, 0.2) is 0 Å². The molecule has 96 valence electrons. The summed E-state index contributed by atoms with van der Waals surface area (Å²) >= 11 is 0. The smallest absolute Gasteiger partial charge is 0.137 e. The predicted molar refractivity (Wildman–Crippen MR) is 73.7 cm³/mol. The van der Waals surface area contributed by atoms with Gasteiger partial charge in [-0.1, -0.05) is 12.1 Å². The van der Waals surface area contributed by atoms with Gasteiger partial charge >= 0.3 is 0 Å². The number of hydrogen-bond acceptors (Lipinski definition) is 2. The maximum Gasteiger partial charge on any atom is 0.137 e. The molecule has 0 fully saturated rings. The summed E-state index contributed by atoms with van der Waals surface area (Å²) in [6, 6.07) is 11.0. The molecule has 0 aliphatic carbocycles. The zero-order valence-corrected chi connectivity index (χ0v) is 10.6. The molecule has 0 saturated heterocycles. The van der Waals surface area contributed by atoms with Gasteiger partial charge in [0.25, 0.3) is 0 Å². The second-order valence-corrected chi connectivity index (χ2v) is 4.52. The molecule has 0 amide bonds. The number of rotatable bonds is 3. The molecule has 0 spiro atoms. The van der Waals surface area contributed by atoms with Crippen LogP contribution in [0.25, 0.3) is 5.65 Å². The van der Waals surface area contributed by atoms with E-state index in [0.717, 1.165) is 17.0 Å². The molecule has 1 N–H and O–H groups in total. The van der Waals surface area contributed by atoms with Crippen molar-refractivity contribution >= 4 is 11.3 Å². The number of anilines is 1. The van der Waals surface area contributed by atoms with Crippen LogP contribution in [-0.2, 0) is 6.54 Å². The van der Waals surface area contributed by atoms with E-state index in [9.17, 15) is 4.39 Å². The first-order chi connectivity index (χ1) is 9.22. The molecule has 0 saturated carbocycles. The van der Waals surface area contributed by atoms with E-state index in [1.165, 1.54) is 6.07 Å². The van der Waals surface area contributed by atoms with Crippen LogP contribution in [0.1, 0.15) is 11.3 Å². The van der Waals surface area contributed by atoms with Crippen LogP contribution in [0.2, 0.25) is 0 Å². The number of aromatic nitrogens is 2. The van der Waals surface area contributed by atoms with E-state index in [2.05, 4.69) is 10.3 Å². The quantitative estimate of drug-likeness (QED) is 0.777. The molecule has 3 rings (SSSR count). The summed E-state index contributed by atoms with van der Waals surface area (Å²) in [7, 11) is 0. The summed E-state index contributed by atoms with van der Waals surface area (Å²) in [5, 5.41) is 3.17. The first kappa shape index (κ1) is 11.7. The van der Waals surface area contributed by atoms with Crippen LogP contribution in [-0.4, -0.2) is 9.38 Å². The minimum absolute atomic E-state index is 0.194. The highest BCUT2D eigenvalue weighted by Gasteiger charge is 2.02. The van der Waals surface area contributed by atoms with Crippen molar-refractivity contribution in [3.63, 3.8) is 0 Å². The Kier molecular flexibility index (Phi) is 2.91. The third-order valence-corrected chi connectivity index (χ3v) is 3.06. The number of fused-ring (bicyclic) bond motifs is 1. The van der Waals surface area contributed by atoms with Crippen molar-refractivity contribution < 1.29 is 4.39 Å². The van der Waals surface area contributed by atoms with Crippen molar-refractivity contribution in [3.8, 4) is 0 Å². The van der Waals surface area contributed by atoms with Crippen LogP contribution in [0.15, 0.2) is 48.8 Å². The Morgan fingerprint density at radius 3 is 2.95 bits per heavy atom. The van der Waals surface area contributed by atoms with Crippen molar-refractivity contribution in [2.24, 2.45) is 0 Å². The van der Waals surface area contributed by atoms with Crippen LogP contribution < -0.4 is 5.32 Å². The molecule has 2 heterocycles. The van der Waals surface area contributed by atoms with Crippen LogP contribution in [0, 0.1) is 12.7 Å². The Labute approximate surface area is 110 Å². The Morgan fingerprint density at radius 1 is 1.26 bits per heavy atom. The first-order valence-electron chi connectivity index (χ1n) is 6.15. The third-order valence-electron chi connectivity index (χ3n) is 3.06. The monoisotopic (exact) mass is 255 g/mol. The summed E-state index contributed by atoms with van der Waals surface area (Å²) in [5.41, 5.74) is 3.25. The van der Waals surface area contributed by atoms with Gasteiger partial charge in [0.1, 0.15) is 11.5 Å². The van der Waals surface area contributed by atoms with E-state index in [1.54, 1.807) is 13.0 Å². The van der Waals surface area contributed by atoms with Crippen LogP contribution in [0.4, 0.5) is 10.1 Å². The lowest BCUT2D eigenvalue weighted by Crippen LogP contribution is -2.00. The molecule has 0 radical (unpaired) electrons. The van der Waals surface area contributed by atoms with Crippen molar-refractivity contribution in [1.29, 1.82) is 0 Å². The number of nitrogens with one attached hydrogen (secondary N) is 1. The molecular weight excluding hydrogens is 241 g/mol. The van der Waals surface area contributed by atoms with Gasteiger partial charge in [0, 0.05) is 18.1 Å². The van der Waals surface area contributed by atoms with Crippen molar-refractivity contribution in [1.82, 2.24) is 9.38 Å². The summed E-state index contributed by atoms with van der Waals surface area (Å²) in [6.07, 6.45) is 3.92. The van der Waals surface area contributed by atoms with E-state index in [-0.39, 0.29) is 5.82 Å². The number of aryl methyl sites for hydroxylation is 1. The number of nitrogens with zero attached hydrogens (tertiary/aromatic N) is 2. The predicted octanol–water partition coefficient (Wildman–Crippen LogP) is 3.39. The largest absolute Gasteiger partial charge is 0.379 e. The zero-order chi connectivity index (χ0) is 13.2. The first-order valence-corrected chi connectivity index (χ1v) is 6.15. The van der Waals surface area contributed by atoms with E-state index in [4.69, 9.17) is 0 Å². The maximum atomic E-state index is 13.4. The van der Waals surface area contributed by atoms with Gasteiger partial charge in [-0.2, -0.15) is 0 Å². The highest BCUT2D eigenvalue weighted by Crippen LogP contribution is 2.14. The Bertz CT molecular complexity index is 685.